The van der Waals surface area contributed by atoms with Gasteiger partial charge in [0.25, 0.3) is 0 Å². The summed E-state index contributed by atoms with van der Waals surface area (Å²) in [4.78, 5) is 16.3. The maximum atomic E-state index is 13.5. The number of benzene rings is 3. The summed E-state index contributed by atoms with van der Waals surface area (Å²) in [6.45, 7) is 4.08. The van der Waals surface area contributed by atoms with Crippen molar-refractivity contribution in [3.63, 3.8) is 0 Å². The number of rotatable bonds is 5. The Balaban J connectivity index is 1.61. The zero-order valence-electron chi connectivity index (χ0n) is 21.2. The van der Waals surface area contributed by atoms with Crippen LogP contribution in [0.2, 0.25) is 5.02 Å². The summed E-state index contributed by atoms with van der Waals surface area (Å²) >= 11 is 7.75. The molecule has 2 aliphatic rings. The SMILES string of the molecule is Cc1cc(C)c(C2C(C#N)=C(N)N(c3ccc(Cl)cc3)C3=C2C(=O)CCC3)cc1CSc1ccc(F)cc1. The number of halogens is 2. The van der Waals surface area contributed by atoms with Gasteiger partial charge in [0.2, 0.25) is 0 Å². The van der Waals surface area contributed by atoms with Crippen LogP contribution < -0.4 is 10.6 Å². The lowest BCUT2D eigenvalue weighted by Crippen LogP contribution is -2.38. The van der Waals surface area contributed by atoms with Gasteiger partial charge in [0, 0.05) is 39.0 Å². The molecule has 2 N–H and O–H groups in total. The minimum atomic E-state index is -0.526. The van der Waals surface area contributed by atoms with E-state index in [-0.39, 0.29) is 11.6 Å². The van der Waals surface area contributed by atoms with E-state index in [1.807, 2.05) is 24.0 Å². The van der Waals surface area contributed by atoms with E-state index in [0.29, 0.717) is 40.6 Å². The van der Waals surface area contributed by atoms with E-state index >= 15 is 0 Å². The summed E-state index contributed by atoms with van der Waals surface area (Å²) in [5.41, 5.74) is 13.5. The molecule has 0 aromatic heterocycles. The monoisotopic (exact) mass is 543 g/mol. The Kier molecular flexibility index (Phi) is 7.34. The van der Waals surface area contributed by atoms with Gasteiger partial charge in [-0.05, 0) is 97.5 Å². The van der Waals surface area contributed by atoms with E-state index in [9.17, 15) is 14.4 Å². The predicted molar refractivity (Wildman–Crippen MR) is 151 cm³/mol. The highest BCUT2D eigenvalue weighted by molar-refractivity contribution is 7.98. The van der Waals surface area contributed by atoms with Gasteiger partial charge in [-0.15, -0.1) is 11.8 Å². The normalized spacial score (nSPS) is 17.5. The minimum absolute atomic E-state index is 0.0534. The third-order valence-electron chi connectivity index (χ3n) is 7.24. The van der Waals surface area contributed by atoms with E-state index in [0.717, 1.165) is 45.0 Å². The molecule has 38 heavy (non-hydrogen) atoms. The van der Waals surface area contributed by atoms with Crippen molar-refractivity contribution in [2.24, 2.45) is 5.73 Å². The van der Waals surface area contributed by atoms with Crippen LogP contribution in [-0.4, -0.2) is 5.78 Å². The van der Waals surface area contributed by atoms with Crippen LogP contribution in [-0.2, 0) is 10.5 Å². The highest BCUT2D eigenvalue weighted by atomic mass is 35.5. The number of ketones is 1. The average Bonchev–Trinajstić information content (AvgIpc) is 2.90. The molecule has 1 aliphatic carbocycles. The quantitative estimate of drug-likeness (QED) is 0.334. The van der Waals surface area contributed by atoms with E-state index < -0.39 is 5.92 Å². The Labute approximate surface area is 231 Å². The fourth-order valence-corrected chi connectivity index (χ4v) is 6.44. The summed E-state index contributed by atoms with van der Waals surface area (Å²) in [6, 6.07) is 20.3. The molecule has 0 saturated heterocycles. The third kappa shape index (κ3) is 4.84. The summed E-state index contributed by atoms with van der Waals surface area (Å²) in [5, 5.41) is 11.0. The molecule has 0 radical (unpaired) electrons. The number of anilines is 1. The molecule has 0 bridgehead atoms. The van der Waals surface area contributed by atoms with Crippen molar-refractivity contribution in [2.75, 3.05) is 4.90 Å². The second-order valence-corrected chi connectivity index (χ2v) is 11.2. The average molecular weight is 544 g/mol. The van der Waals surface area contributed by atoms with Crippen molar-refractivity contribution >= 4 is 34.8 Å². The highest BCUT2D eigenvalue weighted by Crippen LogP contribution is 2.47. The van der Waals surface area contributed by atoms with Gasteiger partial charge in [0.1, 0.15) is 11.6 Å². The van der Waals surface area contributed by atoms with Crippen LogP contribution in [0.1, 0.15) is 47.4 Å². The number of nitrogens with two attached hydrogens (primary N) is 1. The molecule has 0 spiro atoms. The zero-order valence-corrected chi connectivity index (χ0v) is 22.8. The fraction of sp³-hybridized carbons (Fsp3) is 0.226. The van der Waals surface area contributed by atoms with Crippen molar-refractivity contribution in [3.8, 4) is 6.07 Å². The number of hydrogen-bond donors (Lipinski definition) is 1. The molecular weight excluding hydrogens is 517 g/mol. The maximum absolute atomic E-state index is 13.5. The first-order chi connectivity index (χ1) is 18.3. The maximum Gasteiger partial charge on any atom is 0.161 e. The topological polar surface area (TPSA) is 70.1 Å². The Morgan fingerprint density at radius 3 is 2.47 bits per heavy atom. The number of Topliss-reactive ketones (excluding diaryl/α,β-unsaturated/α-hetero) is 1. The molecule has 192 valence electrons. The largest absolute Gasteiger partial charge is 0.384 e. The van der Waals surface area contributed by atoms with Gasteiger partial charge in [-0.1, -0.05) is 23.7 Å². The van der Waals surface area contributed by atoms with Crippen LogP contribution in [0.15, 0.2) is 88.2 Å². The van der Waals surface area contributed by atoms with Crippen LogP contribution >= 0.6 is 23.4 Å². The molecular formula is C31H27ClFN3OS. The fourth-order valence-electron chi connectivity index (χ4n) is 5.36. The molecule has 1 aliphatic heterocycles. The van der Waals surface area contributed by atoms with Gasteiger partial charge in [-0.2, -0.15) is 5.26 Å². The van der Waals surface area contributed by atoms with Crippen molar-refractivity contribution in [1.82, 2.24) is 0 Å². The van der Waals surface area contributed by atoms with Crippen molar-refractivity contribution < 1.29 is 9.18 Å². The van der Waals surface area contributed by atoms with Gasteiger partial charge in [-0.25, -0.2) is 4.39 Å². The van der Waals surface area contributed by atoms with Crippen molar-refractivity contribution in [3.05, 3.63) is 116 Å². The number of nitriles is 1. The molecule has 0 fully saturated rings. The molecule has 0 saturated carbocycles. The Bertz CT molecular complexity index is 1520. The second-order valence-electron chi connectivity index (χ2n) is 9.67. The number of nitrogens with zero attached hydrogens (tertiary/aromatic N) is 2. The second kappa shape index (κ2) is 10.7. The third-order valence-corrected chi connectivity index (χ3v) is 8.55. The van der Waals surface area contributed by atoms with Crippen LogP contribution in [0.25, 0.3) is 0 Å². The Hall–Kier alpha value is -3.53. The highest BCUT2D eigenvalue weighted by Gasteiger charge is 2.41. The molecule has 1 heterocycles. The Morgan fingerprint density at radius 1 is 1.08 bits per heavy atom. The molecule has 7 heteroatoms. The van der Waals surface area contributed by atoms with Crippen LogP contribution in [0.3, 0.4) is 0 Å². The molecule has 1 unspecified atom stereocenters. The molecule has 3 aromatic carbocycles. The lowest BCUT2D eigenvalue weighted by atomic mass is 9.74. The lowest BCUT2D eigenvalue weighted by Gasteiger charge is -2.40. The van der Waals surface area contributed by atoms with E-state index in [2.05, 4.69) is 25.1 Å². The number of allylic oxidation sites excluding steroid dienone is 3. The number of hydrogen-bond acceptors (Lipinski definition) is 5. The van der Waals surface area contributed by atoms with Gasteiger partial charge in [-0.3, -0.25) is 9.69 Å². The van der Waals surface area contributed by atoms with Crippen LogP contribution in [0.5, 0.6) is 0 Å². The molecule has 5 rings (SSSR count). The number of thioether (sulfide) groups is 1. The van der Waals surface area contributed by atoms with Crippen molar-refractivity contribution in [2.45, 2.75) is 49.7 Å². The van der Waals surface area contributed by atoms with Crippen LogP contribution in [0, 0.1) is 31.0 Å². The zero-order chi connectivity index (χ0) is 27.0. The van der Waals surface area contributed by atoms with Crippen LogP contribution in [0.4, 0.5) is 10.1 Å². The predicted octanol–water partition coefficient (Wildman–Crippen LogP) is 7.69. The lowest BCUT2D eigenvalue weighted by molar-refractivity contribution is -0.116. The standard InChI is InChI=1S/C31H27ClFN3OS/c1-18-14-19(2)25(15-20(18)17-38-24-12-8-22(33)9-13-24)29-26(16-34)31(35)36(23-10-6-21(32)7-11-23)27-4-3-5-28(37)30(27)29/h6-15,29H,3-5,17,35H2,1-2H3. The number of carbonyl (C=O) groups excluding carboxylic acids is 1. The first-order valence-electron chi connectivity index (χ1n) is 12.5. The van der Waals surface area contributed by atoms with E-state index in [1.165, 1.54) is 12.1 Å². The summed E-state index contributed by atoms with van der Waals surface area (Å²) < 4.78 is 13.3. The first kappa shape index (κ1) is 26.1. The summed E-state index contributed by atoms with van der Waals surface area (Å²) in [6.07, 6.45) is 1.87. The number of carbonyl (C=O) groups is 1. The summed E-state index contributed by atoms with van der Waals surface area (Å²) in [5.74, 6) is 0.285. The summed E-state index contributed by atoms with van der Waals surface area (Å²) in [7, 11) is 0. The van der Waals surface area contributed by atoms with Gasteiger partial charge in [0.05, 0.1) is 17.6 Å². The molecule has 3 aromatic rings. The molecule has 4 nitrogen and oxygen atoms in total. The Morgan fingerprint density at radius 2 is 1.79 bits per heavy atom. The van der Waals surface area contributed by atoms with Gasteiger partial charge < -0.3 is 5.73 Å². The van der Waals surface area contributed by atoms with E-state index in [4.69, 9.17) is 17.3 Å². The molecule has 0 amide bonds. The van der Waals surface area contributed by atoms with E-state index in [1.54, 1.807) is 36.0 Å². The smallest absolute Gasteiger partial charge is 0.161 e. The minimum Gasteiger partial charge on any atom is -0.384 e. The van der Waals surface area contributed by atoms with Crippen molar-refractivity contribution in [1.29, 1.82) is 5.26 Å². The van der Waals surface area contributed by atoms with Gasteiger partial charge in [0.15, 0.2) is 5.78 Å². The molecule has 1 atom stereocenters. The number of aryl methyl sites for hydroxylation is 2. The first-order valence-corrected chi connectivity index (χ1v) is 13.8. The van der Waals surface area contributed by atoms with Gasteiger partial charge >= 0.3 is 0 Å².